The van der Waals surface area contributed by atoms with E-state index in [-0.39, 0.29) is 16.0 Å². The van der Waals surface area contributed by atoms with Crippen LogP contribution in [0.4, 0.5) is 0 Å². The fourth-order valence-electron chi connectivity index (χ4n) is 10.5. The summed E-state index contributed by atoms with van der Waals surface area (Å²) in [4.78, 5) is 10.2. The molecule has 0 radical (unpaired) electrons. The summed E-state index contributed by atoms with van der Waals surface area (Å²) in [5.41, 5.74) is 7.48. The van der Waals surface area contributed by atoms with Crippen molar-refractivity contribution in [3.8, 4) is 17.2 Å². The van der Waals surface area contributed by atoms with Gasteiger partial charge in [-0.3, -0.25) is 8.97 Å². The van der Waals surface area contributed by atoms with E-state index in [0.29, 0.717) is 0 Å². The average molecular weight is 758 g/mol. The molecule has 0 amide bonds. The highest BCUT2D eigenvalue weighted by Gasteiger charge is 2.57. The van der Waals surface area contributed by atoms with Crippen molar-refractivity contribution < 1.29 is 4.74 Å². The van der Waals surface area contributed by atoms with Gasteiger partial charge in [0.15, 0.2) is 0 Å². The van der Waals surface area contributed by atoms with Crippen molar-refractivity contribution >= 4 is 53.6 Å². The van der Waals surface area contributed by atoms with Gasteiger partial charge in [0.2, 0.25) is 5.78 Å². The summed E-state index contributed by atoms with van der Waals surface area (Å²) in [5, 5.41) is -0.324. The van der Waals surface area contributed by atoms with Crippen molar-refractivity contribution in [2.45, 2.75) is 63.3 Å². The Morgan fingerprint density at radius 1 is 0.544 bits per heavy atom. The molecule has 3 heterocycles. The van der Waals surface area contributed by atoms with E-state index in [4.69, 9.17) is 9.72 Å². The Morgan fingerprint density at radius 2 is 1.09 bits per heavy atom. The van der Waals surface area contributed by atoms with E-state index in [9.17, 15) is 0 Å². The van der Waals surface area contributed by atoms with Crippen LogP contribution in [-0.2, 0) is 5.41 Å². The smallest absolute Gasteiger partial charge is 0.220 e. The second-order valence-electron chi connectivity index (χ2n) is 17.3. The molecule has 278 valence electrons. The molecule has 9 aromatic rings. The Labute approximate surface area is 338 Å². The van der Waals surface area contributed by atoms with E-state index in [2.05, 4.69) is 228 Å². The fourth-order valence-corrected chi connectivity index (χ4v) is 14.5. The van der Waals surface area contributed by atoms with Gasteiger partial charge < -0.3 is 4.74 Å². The minimum atomic E-state index is -2.21. The van der Waals surface area contributed by atoms with Gasteiger partial charge in [0, 0.05) is 36.1 Å². The number of benzene rings is 7. The molecule has 1 aliphatic rings. The van der Waals surface area contributed by atoms with Crippen molar-refractivity contribution in [2.75, 3.05) is 0 Å². The number of aromatic nitrogens is 3. The van der Waals surface area contributed by atoms with E-state index in [1.54, 1.807) is 0 Å². The first-order valence-corrected chi connectivity index (χ1v) is 21.5. The minimum absolute atomic E-state index is 0.162. The molecule has 0 N–H and O–H groups in total. The zero-order valence-corrected chi connectivity index (χ0v) is 34.2. The van der Waals surface area contributed by atoms with Crippen LogP contribution >= 0.6 is 10.0 Å². The van der Waals surface area contributed by atoms with Gasteiger partial charge in [-0.1, -0.05) is 135 Å². The zero-order chi connectivity index (χ0) is 39.2. The average Bonchev–Trinajstić information content (AvgIpc) is 3.75. The van der Waals surface area contributed by atoms with E-state index in [1.807, 2.05) is 0 Å². The lowest BCUT2D eigenvalue weighted by Crippen LogP contribution is -2.49. The summed E-state index contributed by atoms with van der Waals surface area (Å²) in [5.74, 6) is 2.78. The fraction of sp³-hybridized carbons (Fsp3) is 0.140. The van der Waals surface area contributed by atoms with E-state index >= 15 is 0 Å². The number of nitrogens with zero attached hydrogens (tertiary/aromatic N) is 3. The van der Waals surface area contributed by atoms with Crippen molar-refractivity contribution in [3.63, 3.8) is 0 Å². The van der Waals surface area contributed by atoms with Gasteiger partial charge >= 0.3 is 0 Å². The lowest BCUT2D eigenvalue weighted by Gasteiger charge is -2.58. The molecular weight excluding hydrogens is 712 g/mol. The van der Waals surface area contributed by atoms with Crippen LogP contribution in [0.15, 0.2) is 196 Å². The summed E-state index contributed by atoms with van der Waals surface area (Å²) >= 11 is 0. The van der Waals surface area contributed by atoms with Crippen LogP contribution in [0.25, 0.3) is 33.5 Å². The molecule has 0 saturated heterocycles. The second-order valence-corrected chi connectivity index (χ2v) is 20.4. The van der Waals surface area contributed by atoms with Crippen molar-refractivity contribution in [1.82, 2.24) is 14.0 Å². The molecule has 2 aromatic heterocycles. The number of hydrogen-bond donors (Lipinski definition) is 0. The third-order valence-corrected chi connectivity index (χ3v) is 16.1. The Bertz CT molecular complexity index is 2920. The predicted octanol–water partition coefficient (Wildman–Crippen LogP) is 11.8. The van der Waals surface area contributed by atoms with Crippen molar-refractivity contribution in [2.24, 2.45) is 0 Å². The van der Waals surface area contributed by atoms with E-state index in [1.165, 1.54) is 30.7 Å². The van der Waals surface area contributed by atoms with Gasteiger partial charge in [-0.15, -0.1) is 10.0 Å². The SMILES string of the molecule is BC(C)(C)C1(C(B)(C)C)c2ccccc2Oc2c1cccc2S(c1ccccc1)(c1ccccc1)c1cccc(-n2c3ccccc3n3c4ccccc4nc23)c1. The molecule has 7 aromatic carbocycles. The normalized spacial score (nSPS) is 14.3. The first-order valence-electron chi connectivity index (χ1n) is 19.9. The van der Waals surface area contributed by atoms with Gasteiger partial charge in [0.05, 0.1) is 27.8 Å². The van der Waals surface area contributed by atoms with Crippen LogP contribution in [0.5, 0.6) is 11.5 Å². The molecule has 0 bridgehead atoms. The van der Waals surface area contributed by atoms with Gasteiger partial charge in [0.25, 0.3) is 0 Å². The largest absolute Gasteiger partial charge is 0.456 e. The Hall–Kier alpha value is -5.91. The second kappa shape index (κ2) is 12.8. The van der Waals surface area contributed by atoms with Crippen LogP contribution < -0.4 is 4.74 Å². The summed E-state index contributed by atoms with van der Waals surface area (Å²) in [6.07, 6.45) is 0. The van der Waals surface area contributed by atoms with Crippen LogP contribution in [0.3, 0.4) is 0 Å². The number of fused-ring (bicyclic) bond motifs is 7. The summed E-state index contributed by atoms with van der Waals surface area (Å²) < 4.78 is 12.0. The zero-order valence-electron chi connectivity index (χ0n) is 33.4. The maximum atomic E-state index is 7.38. The highest BCUT2D eigenvalue weighted by atomic mass is 32.3. The number of imidazole rings is 2. The third kappa shape index (κ3) is 4.94. The maximum Gasteiger partial charge on any atom is 0.220 e. The molecule has 10 rings (SSSR count). The van der Waals surface area contributed by atoms with Gasteiger partial charge in [-0.2, -0.15) is 0 Å². The summed E-state index contributed by atoms with van der Waals surface area (Å²) in [6, 6.07) is 64.2. The van der Waals surface area contributed by atoms with Crippen molar-refractivity contribution in [1.29, 1.82) is 0 Å². The molecule has 7 heteroatoms. The van der Waals surface area contributed by atoms with E-state index < -0.39 is 10.0 Å². The lowest BCUT2D eigenvalue weighted by atomic mass is 9.37. The predicted molar refractivity (Wildman–Crippen MR) is 242 cm³/mol. The van der Waals surface area contributed by atoms with Crippen LogP contribution in [0, 0.1) is 0 Å². The molecule has 57 heavy (non-hydrogen) atoms. The topological polar surface area (TPSA) is 31.5 Å². The Morgan fingerprint density at radius 3 is 1.77 bits per heavy atom. The molecule has 0 fully saturated rings. The maximum absolute atomic E-state index is 7.38. The minimum Gasteiger partial charge on any atom is -0.456 e. The Balaban J connectivity index is 1.34. The van der Waals surface area contributed by atoms with Crippen LogP contribution in [0.2, 0.25) is 10.6 Å². The number of ether oxygens (including phenoxy) is 1. The van der Waals surface area contributed by atoms with E-state index in [0.717, 1.165) is 45.0 Å². The van der Waals surface area contributed by atoms with Gasteiger partial charge in [-0.05, 0) is 78.9 Å². The first kappa shape index (κ1) is 35.5. The van der Waals surface area contributed by atoms with Crippen LogP contribution in [0.1, 0.15) is 38.8 Å². The number of hydrogen-bond acceptors (Lipinski definition) is 2. The van der Waals surface area contributed by atoms with Crippen molar-refractivity contribution in [3.05, 3.63) is 187 Å². The summed E-state index contributed by atoms with van der Waals surface area (Å²) in [6.45, 7) is 9.60. The lowest BCUT2D eigenvalue weighted by molar-refractivity contribution is 0.267. The molecule has 0 saturated carbocycles. The molecular formula is C50H45B2N3OS. The standard InChI is InChI=1S/C50H45B2N3OS/c1-48(2,51)50(49(3,4)52)38-25-11-16-31-44(38)56-46-39(50)26-18-32-45(46)57(35-20-7-5-8-21-35,36-22-9-6-10-23-36)37-24-17-19-34(33-37)54-42-29-14-15-30-43(42)55-41-28-13-12-27-40(41)53-47(54)55/h5-33H,51-52H2,1-4H3. The van der Waals surface area contributed by atoms with Gasteiger partial charge in [-0.25, -0.2) is 4.98 Å². The molecule has 0 unspecified atom stereocenters. The molecule has 0 aliphatic carbocycles. The Kier molecular flexibility index (Phi) is 7.98. The quantitative estimate of drug-likeness (QED) is 0.152. The highest BCUT2D eigenvalue weighted by Crippen LogP contribution is 2.78. The number of rotatable bonds is 7. The number of para-hydroxylation sites is 6. The summed E-state index contributed by atoms with van der Waals surface area (Å²) in [7, 11) is 2.59. The molecule has 0 atom stereocenters. The first-order chi connectivity index (χ1) is 27.6. The molecule has 4 nitrogen and oxygen atoms in total. The van der Waals surface area contributed by atoms with Crippen LogP contribution in [-0.4, -0.2) is 29.6 Å². The molecule has 0 spiro atoms. The third-order valence-electron chi connectivity index (χ3n) is 12.2. The molecule has 1 aliphatic heterocycles. The highest BCUT2D eigenvalue weighted by molar-refractivity contribution is 8.34. The van der Waals surface area contributed by atoms with Gasteiger partial charge in [0.1, 0.15) is 27.2 Å². The monoisotopic (exact) mass is 757 g/mol.